The van der Waals surface area contributed by atoms with E-state index in [0.29, 0.717) is 23.2 Å². The monoisotopic (exact) mass is 419 g/mol. The smallest absolute Gasteiger partial charge is 0.286 e. The number of carbonyl (C=O) groups excluding carboxylic acids is 1. The average Bonchev–Trinajstić information content (AvgIpc) is 3.09. The molecule has 3 aromatic rings. The third kappa shape index (κ3) is 4.63. The predicted molar refractivity (Wildman–Crippen MR) is 121 cm³/mol. The van der Waals surface area contributed by atoms with Gasteiger partial charge in [-0.2, -0.15) is 4.99 Å². The van der Waals surface area contributed by atoms with Crippen LogP contribution in [0.1, 0.15) is 18.1 Å². The molecule has 1 aliphatic heterocycles. The number of ether oxygens (including phenoxy) is 1. The van der Waals surface area contributed by atoms with E-state index in [2.05, 4.69) is 15.3 Å². The van der Waals surface area contributed by atoms with E-state index in [1.807, 2.05) is 49.4 Å². The second-order valence-corrected chi connectivity index (χ2v) is 7.73. The number of amides is 1. The molecule has 0 radical (unpaired) electrons. The van der Waals surface area contributed by atoms with Gasteiger partial charge in [-0.1, -0.05) is 18.2 Å². The van der Waals surface area contributed by atoms with E-state index in [-0.39, 0.29) is 11.7 Å². The van der Waals surface area contributed by atoms with Gasteiger partial charge in [0.25, 0.3) is 5.91 Å². The maximum Gasteiger partial charge on any atom is 0.286 e. The lowest BCUT2D eigenvalue weighted by Crippen LogP contribution is -2.21. The zero-order chi connectivity index (χ0) is 20.9. The van der Waals surface area contributed by atoms with Gasteiger partial charge in [0.15, 0.2) is 5.17 Å². The summed E-state index contributed by atoms with van der Waals surface area (Å²) in [6, 6.07) is 14.8. The van der Waals surface area contributed by atoms with E-state index < -0.39 is 0 Å². The molecule has 4 rings (SSSR count). The molecule has 0 saturated carbocycles. The maximum atomic E-state index is 12.3. The number of hydrogen-bond acceptors (Lipinski definition) is 6. The van der Waals surface area contributed by atoms with Crippen LogP contribution >= 0.6 is 11.8 Å². The molecule has 2 aromatic carbocycles. The summed E-state index contributed by atoms with van der Waals surface area (Å²) in [5.74, 6) is 0.782. The summed E-state index contributed by atoms with van der Waals surface area (Å²) in [4.78, 5) is 21.4. The Morgan fingerprint density at radius 3 is 2.80 bits per heavy atom. The number of amidine groups is 1. The number of benzene rings is 2. The first-order valence-corrected chi connectivity index (χ1v) is 10.5. The van der Waals surface area contributed by atoms with Crippen molar-refractivity contribution >= 4 is 39.8 Å². The first kappa shape index (κ1) is 20.0. The van der Waals surface area contributed by atoms with E-state index in [9.17, 15) is 9.90 Å². The van der Waals surface area contributed by atoms with Gasteiger partial charge in [-0.3, -0.25) is 9.78 Å². The Kier molecular flexibility index (Phi) is 5.99. The van der Waals surface area contributed by atoms with Gasteiger partial charge in [-0.25, -0.2) is 0 Å². The first-order chi connectivity index (χ1) is 14.6. The predicted octanol–water partition coefficient (Wildman–Crippen LogP) is 4.14. The zero-order valence-electron chi connectivity index (χ0n) is 16.5. The highest BCUT2D eigenvalue weighted by molar-refractivity contribution is 8.18. The van der Waals surface area contributed by atoms with Crippen molar-refractivity contribution < 1.29 is 14.6 Å². The minimum absolute atomic E-state index is 0.247. The third-order valence-corrected chi connectivity index (χ3v) is 5.51. The molecular formula is C23H21N3O3S. The van der Waals surface area contributed by atoms with E-state index in [0.717, 1.165) is 34.2 Å². The fourth-order valence-corrected chi connectivity index (χ4v) is 3.96. The number of nitrogens with one attached hydrogen (secondary N) is 1. The molecule has 1 aliphatic rings. The third-order valence-electron chi connectivity index (χ3n) is 4.57. The van der Waals surface area contributed by atoms with Crippen LogP contribution < -0.4 is 10.1 Å². The van der Waals surface area contributed by atoms with Crippen LogP contribution in [0, 0.1) is 0 Å². The Bertz CT molecular complexity index is 1140. The Balaban J connectivity index is 1.43. The molecule has 30 heavy (non-hydrogen) atoms. The normalized spacial score (nSPS) is 14.9. The van der Waals surface area contributed by atoms with Crippen molar-refractivity contribution in [3.63, 3.8) is 0 Å². The van der Waals surface area contributed by atoms with Crippen molar-refractivity contribution in [2.24, 2.45) is 4.99 Å². The highest BCUT2D eigenvalue weighted by Crippen LogP contribution is 2.30. The molecule has 6 nitrogen and oxygen atoms in total. The van der Waals surface area contributed by atoms with Gasteiger partial charge in [0.05, 0.1) is 17.0 Å². The lowest BCUT2D eigenvalue weighted by atomic mass is 10.1. The van der Waals surface area contributed by atoms with Gasteiger partial charge in [-0.15, -0.1) is 0 Å². The van der Waals surface area contributed by atoms with Crippen LogP contribution in [0.25, 0.3) is 17.0 Å². The van der Waals surface area contributed by atoms with Gasteiger partial charge >= 0.3 is 0 Å². The van der Waals surface area contributed by atoms with Crippen LogP contribution in [0.15, 0.2) is 64.6 Å². The lowest BCUT2D eigenvalue weighted by Gasteiger charge is -2.07. The number of rotatable bonds is 6. The number of aliphatic imine (C=N–C) groups is 1. The summed E-state index contributed by atoms with van der Waals surface area (Å²) in [6.45, 7) is 3.17. The van der Waals surface area contributed by atoms with Crippen molar-refractivity contribution in [2.45, 2.75) is 13.3 Å². The molecule has 1 amide bonds. The van der Waals surface area contributed by atoms with Crippen LogP contribution in [0.5, 0.6) is 11.5 Å². The molecule has 0 aliphatic carbocycles. The average molecular weight is 420 g/mol. The minimum Gasteiger partial charge on any atom is -0.508 e. The number of phenolic OH excluding ortho intramolecular Hbond substituents is 1. The lowest BCUT2D eigenvalue weighted by molar-refractivity contribution is -0.113. The van der Waals surface area contributed by atoms with Crippen molar-refractivity contribution in [3.8, 4) is 11.5 Å². The molecule has 2 N–H and O–H groups in total. The van der Waals surface area contributed by atoms with E-state index >= 15 is 0 Å². The maximum absolute atomic E-state index is 12.3. The van der Waals surface area contributed by atoms with Crippen LogP contribution in [-0.2, 0) is 11.2 Å². The summed E-state index contributed by atoms with van der Waals surface area (Å²) >= 11 is 1.33. The Labute approximate surface area is 178 Å². The zero-order valence-corrected chi connectivity index (χ0v) is 17.3. The molecule has 7 heteroatoms. The summed E-state index contributed by atoms with van der Waals surface area (Å²) in [5, 5.41) is 14.1. The second-order valence-electron chi connectivity index (χ2n) is 6.69. The first-order valence-electron chi connectivity index (χ1n) is 9.68. The number of thioether (sulfide) groups is 1. The summed E-state index contributed by atoms with van der Waals surface area (Å²) in [5.41, 5.74) is 2.84. The van der Waals surface area contributed by atoms with Gasteiger partial charge < -0.3 is 15.2 Å². The number of pyridine rings is 1. The number of aromatic hydroxyl groups is 1. The fourth-order valence-electron chi connectivity index (χ4n) is 3.12. The summed E-state index contributed by atoms with van der Waals surface area (Å²) in [6.07, 6.45) is 4.34. The highest BCUT2D eigenvalue weighted by Gasteiger charge is 2.21. The van der Waals surface area contributed by atoms with Gasteiger partial charge in [0.1, 0.15) is 11.5 Å². The fraction of sp³-hybridized carbons (Fsp3) is 0.174. The van der Waals surface area contributed by atoms with Crippen LogP contribution in [0.4, 0.5) is 0 Å². The molecule has 0 saturated heterocycles. The number of fused-ring (bicyclic) bond motifs is 1. The van der Waals surface area contributed by atoms with E-state index in [1.54, 1.807) is 18.3 Å². The van der Waals surface area contributed by atoms with Gasteiger partial charge in [0.2, 0.25) is 0 Å². The molecule has 2 heterocycles. The van der Waals surface area contributed by atoms with Crippen molar-refractivity contribution in [2.75, 3.05) is 13.2 Å². The van der Waals surface area contributed by atoms with Crippen molar-refractivity contribution in [1.29, 1.82) is 0 Å². The molecule has 0 atom stereocenters. The van der Waals surface area contributed by atoms with Crippen molar-refractivity contribution in [3.05, 3.63) is 70.8 Å². The van der Waals surface area contributed by atoms with Gasteiger partial charge in [-0.05, 0) is 72.6 Å². The molecule has 0 bridgehead atoms. The molecule has 0 fully saturated rings. The number of carbonyl (C=O) groups is 1. The minimum atomic E-state index is -0.247. The van der Waals surface area contributed by atoms with Gasteiger partial charge in [0, 0.05) is 18.1 Å². The largest absolute Gasteiger partial charge is 0.508 e. The van der Waals surface area contributed by atoms with Crippen LogP contribution in [0.2, 0.25) is 0 Å². The van der Waals surface area contributed by atoms with E-state index in [1.165, 1.54) is 11.8 Å². The Morgan fingerprint density at radius 1 is 1.17 bits per heavy atom. The Hall–Kier alpha value is -3.32. The highest BCUT2D eigenvalue weighted by atomic mass is 32.2. The molecule has 0 spiro atoms. The summed E-state index contributed by atoms with van der Waals surface area (Å²) in [7, 11) is 0. The van der Waals surface area contributed by atoms with E-state index in [4.69, 9.17) is 4.74 Å². The SMILES string of the molecule is CCOc1ccnc2ccc(/C=C3\SC(NCCc4ccc(O)cc4)=NC3=O)cc12. The number of nitrogens with zero attached hydrogens (tertiary/aromatic N) is 2. The Morgan fingerprint density at radius 2 is 2.00 bits per heavy atom. The molecule has 1 aromatic heterocycles. The molecule has 0 unspecified atom stereocenters. The standard InChI is InChI=1S/C23H21N3O3S/c1-2-29-20-10-12-24-19-8-5-16(13-18(19)20)14-21-22(28)26-23(30-21)25-11-9-15-3-6-17(27)7-4-15/h3-8,10,12-14,27H,2,9,11H2,1H3,(H,25,26,28)/b21-14-. The number of phenols is 1. The number of aromatic nitrogens is 1. The topological polar surface area (TPSA) is 83.8 Å². The summed E-state index contributed by atoms with van der Waals surface area (Å²) < 4.78 is 5.69. The van der Waals surface area contributed by atoms with Crippen LogP contribution in [-0.4, -0.2) is 34.3 Å². The number of hydrogen-bond donors (Lipinski definition) is 2. The quantitative estimate of drug-likeness (QED) is 0.584. The second kappa shape index (κ2) is 9.00. The molecule has 152 valence electrons. The van der Waals surface area contributed by atoms with Crippen molar-refractivity contribution in [1.82, 2.24) is 10.3 Å². The van der Waals surface area contributed by atoms with Crippen LogP contribution in [0.3, 0.4) is 0 Å². The molecular weight excluding hydrogens is 398 g/mol.